The molecule has 2 heterocycles. The van der Waals surface area contributed by atoms with E-state index in [0.717, 1.165) is 29.2 Å². The van der Waals surface area contributed by atoms with Gasteiger partial charge in [0.15, 0.2) is 0 Å². The van der Waals surface area contributed by atoms with Crippen LogP contribution in [0.5, 0.6) is 0 Å². The quantitative estimate of drug-likeness (QED) is 0.594. The number of nitrogens with one attached hydrogen (secondary N) is 1. The highest BCUT2D eigenvalue weighted by Crippen LogP contribution is 2.26. The minimum Gasteiger partial charge on any atom is -0.304 e. The summed E-state index contributed by atoms with van der Waals surface area (Å²) in [6, 6.07) is 14.6. The Morgan fingerprint density at radius 2 is 1.66 bits per heavy atom. The molecular weight excluding hydrogens is 446 g/mol. The van der Waals surface area contributed by atoms with E-state index in [0.29, 0.717) is 29.3 Å². The average Bonchev–Trinajstić information content (AvgIpc) is 3.23. The molecule has 8 nitrogen and oxygen atoms in total. The Kier molecular flexibility index (Phi) is 6.66. The second-order valence-electron chi connectivity index (χ2n) is 7.89. The van der Waals surface area contributed by atoms with Crippen LogP contribution in [0.3, 0.4) is 0 Å². The van der Waals surface area contributed by atoms with E-state index >= 15 is 0 Å². The fourth-order valence-corrected chi connectivity index (χ4v) is 5.64. The monoisotopic (exact) mass is 471 g/mol. The summed E-state index contributed by atoms with van der Waals surface area (Å²) < 4.78 is 26.9. The number of carbonyl (C=O) groups is 1. The number of likely N-dealkylation sites (N-methyl/N-ethyl adjacent to an activating group) is 1. The Labute approximate surface area is 191 Å². The second-order valence-corrected chi connectivity index (χ2v) is 10.8. The van der Waals surface area contributed by atoms with Crippen LogP contribution in [0, 0.1) is 6.92 Å². The summed E-state index contributed by atoms with van der Waals surface area (Å²) in [5.41, 5.74) is 3.18. The first kappa shape index (κ1) is 22.5. The molecule has 0 radical (unpaired) electrons. The lowest BCUT2D eigenvalue weighted by molar-refractivity contribution is 0.102. The van der Waals surface area contributed by atoms with Gasteiger partial charge in [0.05, 0.1) is 5.75 Å². The zero-order valence-electron chi connectivity index (χ0n) is 18.0. The first-order valence-corrected chi connectivity index (χ1v) is 12.7. The third kappa shape index (κ3) is 5.39. The van der Waals surface area contributed by atoms with Gasteiger partial charge in [-0.3, -0.25) is 10.1 Å². The maximum Gasteiger partial charge on any atom is 0.257 e. The van der Waals surface area contributed by atoms with Crippen molar-refractivity contribution in [3.8, 4) is 10.6 Å². The summed E-state index contributed by atoms with van der Waals surface area (Å²) in [5.74, 6) is -0.389. The van der Waals surface area contributed by atoms with Crippen molar-refractivity contribution >= 4 is 32.4 Å². The van der Waals surface area contributed by atoms with Crippen LogP contribution in [0.1, 0.15) is 21.5 Å². The molecule has 0 unspecified atom stereocenters. The molecule has 0 saturated carbocycles. The first-order chi connectivity index (χ1) is 15.3. The van der Waals surface area contributed by atoms with E-state index in [-0.39, 0.29) is 11.7 Å². The molecule has 1 aromatic heterocycles. The van der Waals surface area contributed by atoms with Crippen LogP contribution in [0.4, 0.5) is 5.13 Å². The molecule has 1 saturated heterocycles. The molecule has 1 aliphatic rings. The van der Waals surface area contributed by atoms with Gasteiger partial charge in [0.1, 0.15) is 5.01 Å². The fraction of sp³-hybridized carbons (Fsp3) is 0.318. The van der Waals surface area contributed by atoms with Gasteiger partial charge in [-0.15, -0.1) is 10.2 Å². The van der Waals surface area contributed by atoms with Crippen LogP contribution in [-0.2, 0) is 15.8 Å². The van der Waals surface area contributed by atoms with E-state index in [1.807, 2.05) is 38.2 Å². The Morgan fingerprint density at radius 1 is 1.00 bits per heavy atom. The highest BCUT2D eigenvalue weighted by Gasteiger charge is 2.25. The molecular formula is C22H25N5O3S2. The zero-order chi connectivity index (χ0) is 22.7. The smallest absolute Gasteiger partial charge is 0.257 e. The number of carbonyl (C=O) groups excluding carboxylic acids is 1. The van der Waals surface area contributed by atoms with Crippen molar-refractivity contribution in [1.82, 2.24) is 19.4 Å². The highest BCUT2D eigenvalue weighted by molar-refractivity contribution is 7.88. The van der Waals surface area contributed by atoms with E-state index in [4.69, 9.17) is 0 Å². The van der Waals surface area contributed by atoms with E-state index in [1.54, 1.807) is 24.3 Å². The zero-order valence-corrected chi connectivity index (χ0v) is 19.6. The van der Waals surface area contributed by atoms with Crippen molar-refractivity contribution in [2.75, 3.05) is 38.5 Å². The minimum atomic E-state index is -3.38. The van der Waals surface area contributed by atoms with Crippen LogP contribution < -0.4 is 5.32 Å². The van der Waals surface area contributed by atoms with Gasteiger partial charge in [0.25, 0.3) is 5.91 Å². The Bertz CT molecular complexity index is 1180. The minimum absolute atomic E-state index is 0.0745. The molecule has 1 fully saturated rings. The van der Waals surface area contributed by atoms with Gasteiger partial charge in [-0.1, -0.05) is 53.3 Å². The van der Waals surface area contributed by atoms with Gasteiger partial charge in [0, 0.05) is 37.3 Å². The summed E-state index contributed by atoms with van der Waals surface area (Å²) in [6.07, 6.45) is 0. The summed E-state index contributed by atoms with van der Waals surface area (Å²) in [6.45, 7) is 4.49. The van der Waals surface area contributed by atoms with Crippen molar-refractivity contribution in [2.24, 2.45) is 0 Å². The number of piperazine rings is 1. The topological polar surface area (TPSA) is 95.5 Å². The van der Waals surface area contributed by atoms with Crippen molar-refractivity contribution < 1.29 is 13.2 Å². The molecule has 0 atom stereocenters. The summed E-state index contributed by atoms with van der Waals surface area (Å²) >= 11 is 1.30. The van der Waals surface area contributed by atoms with E-state index in [1.165, 1.54) is 15.6 Å². The Balaban J connectivity index is 1.38. The molecule has 2 aromatic carbocycles. The van der Waals surface area contributed by atoms with Gasteiger partial charge in [-0.25, -0.2) is 8.42 Å². The number of anilines is 1. The number of aromatic nitrogens is 2. The standard InChI is InChI=1S/C22H25N5O3S2/c1-16-3-7-19(8-4-16)21-24-25-22(31-21)23-20(28)18-9-5-17(6-10-18)15-32(29,30)27-13-11-26(2)12-14-27/h3-10H,11-15H2,1-2H3,(H,23,25,28). The number of nitrogens with zero attached hydrogens (tertiary/aromatic N) is 4. The van der Waals surface area contributed by atoms with E-state index < -0.39 is 10.0 Å². The predicted octanol–water partition coefficient (Wildman–Crippen LogP) is 2.84. The fourth-order valence-electron chi connectivity index (χ4n) is 3.38. The average molecular weight is 472 g/mol. The van der Waals surface area contributed by atoms with Crippen molar-refractivity contribution in [3.63, 3.8) is 0 Å². The van der Waals surface area contributed by atoms with Crippen LogP contribution in [0.15, 0.2) is 48.5 Å². The molecule has 32 heavy (non-hydrogen) atoms. The molecule has 3 aromatic rings. The normalized spacial score (nSPS) is 15.6. The number of rotatable bonds is 6. The predicted molar refractivity (Wildman–Crippen MR) is 126 cm³/mol. The number of hydrogen-bond acceptors (Lipinski definition) is 7. The van der Waals surface area contributed by atoms with E-state index in [2.05, 4.69) is 20.4 Å². The molecule has 1 N–H and O–H groups in total. The highest BCUT2D eigenvalue weighted by atomic mass is 32.2. The third-order valence-electron chi connectivity index (χ3n) is 5.36. The van der Waals surface area contributed by atoms with Crippen molar-refractivity contribution in [2.45, 2.75) is 12.7 Å². The Hall–Kier alpha value is -2.66. The molecule has 0 spiro atoms. The van der Waals surface area contributed by atoms with Crippen LogP contribution in [-0.4, -0.2) is 67.0 Å². The van der Waals surface area contributed by atoms with Crippen molar-refractivity contribution in [1.29, 1.82) is 0 Å². The summed E-state index contributed by atoms with van der Waals surface area (Å²) in [7, 11) is -1.39. The number of benzene rings is 2. The van der Waals surface area contributed by atoms with Gasteiger partial charge in [0.2, 0.25) is 15.2 Å². The maximum absolute atomic E-state index is 12.7. The molecule has 0 aliphatic carbocycles. The first-order valence-electron chi connectivity index (χ1n) is 10.3. The van der Waals surface area contributed by atoms with Gasteiger partial charge in [-0.2, -0.15) is 4.31 Å². The third-order valence-corrected chi connectivity index (χ3v) is 8.10. The summed E-state index contributed by atoms with van der Waals surface area (Å²) in [5, 5.41) is 12.1. The largest absolute Gasteiger partial charge is 0.304 e. The van der Waals surface area contributed by atoms with Crippen LogP contribution in [0.2, 0.25) is 0 Å². The molecule has 168 valence electrons. The number of hydrogen-bond donors (Lipinski definition) is 1. The lowest BCUT2D eigenvalue weighted by Crippen LogP contribution is -2.47. The van der Waals surface area contributed by atoms with Crippen LogP contribution >= 0.6 is 11.3 Å². The number of sulfonamides is 1. The molecule has 10 heteroatoms. The maximum atomic E-state index is 12.7. The number of amides is 1. The van der Waals surface area contributed by atoms with Gasteiger partial charge >= 0.3 is 0 Å². The molecule has 4 rings (SSSR count). The van der Waals surface area contributed by atoms with Crippen molar-refractivity contribution in [3.05, 3.63) is 65.2 Å². The van der Waals surface area contributed by atoms with Gasteiger partial charge < -0.3 is 4.90 Å². The Morgan fingerprint density at radius 3 is 2.31 bits per heavy atom. The van der Waals surface area contributed by atoms with Gasteiger partial charge in [-0.05, 0) is 31.7 Å². The molecule has 1 amide bonds. The number of aryl methyl sites for hydroxylation is 1. The molecule has 0 bridgehead atoms. The second kappa shape index (κ2) is 9.45. The lowest BCUT2D eigenvalue weighted by Gasteiger charge is -2.31. The van der Waals surface area contributed by atoms with Crippen LogP contribution in [0.25, 0.3) is 10.6 Å². The SMILES string of the molecule is Cc1ccc(-c2nnc(NC(=O)c3ccc(CS(=O)(=O)N4CCN(C)CC4)cc3)s2)cc1. The van der Waals surface area contributed by atoms with E-state index in [9.17, 15) is 13.2 Å². The molecule has 1 aliphatic heterocycles. The lowest BCUT2D eigenvalue weighted by atomic mass is 10.1. The summed E-state index contributed by atoms with van der Waals surface area (Å²) in [4.78, 5) is 14.7.